The zero-order valence-electron chi connectivity index (χ0n) is 12.8. The molecule has 20 heavy (non-hydrogen) atoms. The molecule has 0 fully saturated rings. The summed E-state index contributed by atoms with van der Waals surface area (Å²) in [6, 6.07) is 8.54. The highest BCUT2D eigenvalue weighted by Gasteiger charge is 2.24. The van der Waals surface area contributed by atoms with E-state index in [-0.39, 0.29) is 12.1 Å². The Bertz CT molecular complexity index is 576. The number of nitrogens with one attached hydrogen (secondary N) is 1. The van der Waals surface area contributed by atoms with Gasteiger partial charge >= 0.3 is 0 Å². The van der Waals surface area contributed by atoms with Gasteiger partial charge < -0.3 is 15.0 Å². The highest BCUT2D eigenvalue weighted by Crippen LogP contribution is 2.19. The van der Waals surface area contributed by atoms with Crippen molar-refractivity contribution in [3.8, 4) is 0 Å². The molecule has 2 rings (SSSR count). The van der Waals surface area contributed by atoms with E-state index < -0.39 is 0 Å². The van der Waals surface area contributed by atoms with E-state index in [2.05, 4.69) is 41.7 Å². The van der Waals surface area contributed by atoms with Crippen molar-refractivity contribution < 1.29 is 5.11 Å². The summed E-state index contributed by atoms with van der Waals surface area (Å²) in [6.45, 7) is 9.30. The van der Waals surface area contributed by atoms with E-state index in [4.69, 9.17) is 0 Å². The summed E-state index contributed by atoms with van der Waals surface area (Å²) in [4.78, 5) is 4.58. The summed E-state index contributed by atoms with van der Waals surface area (Å²) >= 11 is 0. The van der Waals surface area contributed by atoms with Gasteiger partial charge in [-0.05, 0) is 32.4 Å². The first-order valence-electron chi connectivity index (χ1n) is 7.25. The van der Waals surface area contributed by atoms with Crippen molar-refractivity contribution in [3.63, 3.8) is 0 Å². The SMILES string of the molecule is Cc1nc2ccccc2n1CCC(C)(CO)NC(C)C. The van der Waals surface area contributed by atoms with Crippen LogP contribution in [0.4, 0.5) is 0 Å². The average Bonchev–Trinajstić information content (AvgIpc) is 2.71. The summed E-state index contributed by atoms with van der Waals surface area (Å²) in [5, 5.41) is 13.1. The van der Waals surface area contributed by atoms with Crippen LogP contribution >= 0.6 is 0 Å². The largest absolute Gasteiger partial charge is 0.394 e. The molecule has 0 spiro atoms. The summed E-state index contributed by atoms with van der Waals surface area (Å²) in [6.07, 6.45) is 0.864. The number of hydrogen-bond donors (Lipinski definition) is 2. The van der Waals surface area contributed by atoms with Crippen LogP contribution < -0.4 is 5.32 Å². The third-order valence-electron chi connectivity index (χ3n) is 3.72. The average molecular weight is 275 g/mol. The first-order valence-corrected chi connectivity index (χ1v) is 7.25. The van der Waals surface area contributed by atoms with Crippen molar-refractivity contribution >= 4 is 11.0 Å². The number of para-hydroxylation sites is 2. The normalized spacial score (nSPS) is 14.9. The summed E-state index contributed by atoms with van der Waals surface area (Å²) in [7, 11) is 0. The van der Waals surface area contributed by atoms with Gasteiger partial charge in [-0.1, -0.05) is 26.0 Å². The Balaban J connectivity index is 2.18. The van der Waals surface area contributed by atoms with Crippen molar-refractivity contribution in [2.45, 2.75) is 52.2 Å². The molecule has 110 valence electrons. The van der Waals surface area contributed by atoms with Crippen LogP contribution in [0.5, 0.6) is 0 Å². The molecule has 0 aliphatic rings. The molecule has 0 saturated heterocycles. The maximum absolute atomic E-state index is 9.66. The maximum atomic E-state index is 9.66. The van der Waals surface area contributed by atoms with Gasteiger partial charge in [-0.2, -0.15) is 0 Å². The molecule has 2 aromatic rings. The van der Waals surface area contributed by atoms with Crippen LogP contribution in [0, 0.1) is 6.92 Å². The van der Waals surface area contributed by atoms with Gasteiger partial charge in [0.1, 0.15) is 5.82 Å². The minimum absolute atomic E-state index is 0.136. The van der Waals surface area contributed by atoms with Gasteiger partial charge in [0.15, 0.2) is 0 Å². The summed E-state index contributed by atoms with van der Waals surface area (Å²) in [5.74, 6) is 1.02. The molecule has 4 nitrogen and oxygen atoms in total. The Morgan fingerprint density at radius 3 is 2.70 bits per heavy atom. The van der Waals surface area contributed by atoms with Crippen LogP contribution in [0.1, 0.15) is 33.0 Å². The van der Waals surface area contributed by atoms with E-state index >= 15 is 0 Å². The lowest BCUT2D eigenvalue weighted by atomic mass is 9.97. The number of imidazole rings is 1. The molecule has 2 N–H and O–H groups in total. The molecule has 1 aromatic carbocycles. The second kappa shape index (κ2) is 5.94. The van der Waals surface area contributed by atoms with Gasteiger partial charge in [-0.25, -0.2) is 4.98 Å². The Kier molecular flexibility index (Phi) is 4.45. The Labute approximate surface area is 120 Å². The lowest BCUT2D eigenvalue weighted by molar-refractivity contribution is 0.152. The van der Waals surface area contributed by atoms with E-state index in [1.54, 1.807) is 0 Å². The van der Waals surface area contributed by atoms with E-state index in [0.29, 0.717) is 6.04 Å². The zero-order valence-corrected chi connectivity index (χ0v) is 12.8. The van der Waals surface area contributed by atoms with Crippen LogP contribution in [-0.4, -0.2) is 32.8 Å². The fourth-order valence-electron chi connectivity index (χ4n) is 2.73. The van der Waals surface area contributed by atoms with Crippen molar-refractivity contribution in [2.75, 3.05) is 6.61 Å². The lowest BCUT2D eigenvalue weighted by Crippen LogP contribution is -2.49. The molecule has 1 atom stereocenters. The van der Waals surface area contributed by atoms with Crippen molar-refractivity contribution in [2.24, 2.45) is 0 Å². The molecule has 0 aliphatic heterocycles. The number of aliphatic hydroxyl groups excluding tert-OH is 1. The van der Waals surface area contributed by atoms with E-state index in [1.165, 1.54) is 0 Å². The molecule has 0 amide bonds. The van der Waals surface area contributed by atoms with Gasteiger partial charge in [0.05, 0.1) is 17.6 Å². The molecule has 0 radical (unpaired) electrons. The topological polar surface area (TPSA) is 50.1 Å². The highest BCUT2D eigenvalue weighted by molar-refractivity contribution is 5.75. The van der Waals surface area contributed by atoms with Crippen molar-refractivity contribution in [1.29, 1.82) is 0 Å². The van der Waals surface area contributed by atoms with Crippen LogP contribution in [-0.2, 0) is 6.54 Å². The number of fused-ring (bicyclic) bond motifs is 1. The third-order valence-corrected chi connectivity index (χ3v) is 3.72. The molecule has 1 unspecified atom stereocenters. The molecule has 0 saturated carbocycles. The number of aryl methyl sites for hydroxylation is 2. The van der Waals surface area contributed by atoms with E-state index in [1.807, 2.05) is 25.1 Å². The Morgan fingerprint density at radius 1 is 1.35 bits per heavy atom. The van der Waals surface area contributed by atoms with Gasteiger partial charge in [0.25, 0.3) is 0 Å². The van der Waals surface area contributed by atoms with Crippen LogP contribution in [0.25, 0.3) is 11.0 Å². The number of rotatable bonds is 6. The van der Waals surface area contributed by atoms with E-state index in [9.17, 15) is 5.11 Å². The highest BCUT2D eigenvalue weighted by atomic mass is 16.3. The first-order chi connectivity index (χ1) is 9.45. The summed E-state index contributed by atoms with van der Waals surface area (Å²) in [5.41, 5.74) is 1.94. The monoisotopic (exact) mass is 275 g/mol. The Morgan fingerprint density at radius 2 is 2.05 bits per heavy atom. The minimum Gasteiger partial charge on any atom is -0.394 e. The van der Waals surface area contributed by atoms with Crippen molar-refractivity contribution in [3.05, 3.63) is 30.1 Å². The van der Waals surface area contributed by atoms with Crippen LogP contribution in [0.3, 0.4) is 0 Å². The number of aromatic nitrogens is 2. The van der Waals surface area contributed by atoms with Gasteiger partial charge in [-0.15, -0.1) is 0 Å². The molecule has 0 aliphatic carbocycles. The molecule has 0 bridgehead atoms. The van der Waals surface area contributed by atoms with Gasteiger partial charge in [0, 0.05) is 18.1 Å². The minimum atomic E-state index is -0.258. The number of hydrogen-bond acceptors (Lipinski definition) is 3. The lowest BCUT2D eigenvalue weighted by Gasteiger charge is -2.31. The van der Waals surface area contributed by atoms with Gasteiger partial charge in [-0.3, -0.25) is 0 Å². The van der Waals surface area contributed by atoms with E-state index in [0.717, 1.165) is 29.8 Å². The fourth-order valence-corrected chi connectivity index (χ4v) is 2.73. The Hall–Kier alpha value is -1.39. The number of benzene rings is 1. The van der Waals surface area contributed by atoms with Crippen LogP contribution in [0.15, 0.2) is 24.3 Å². The maximum Gasteiger partial charge on any atom is 0.106 e. The summed E-state index contributed by atoms with van der Waals surface area (Å²) < 4.78 is 2.23. The number of aliphatic hydroxyl groups is 1. The molecular weight excluding hydrogens is 250 g/mol. The molecule has 1 aromatic heterocycles. The second-order valence-corrected chi connectivity index (χ2v) is 6.07. The first kappa shape index (κ1) is 15.0. The number of nitrogens with zero attached hydrogens (tertiary/aromatic N) is 2. The molecule has 4 heteroatoms. The smallest absolute Gasteiger partial charge is 0.106 e. The van der Waals surface area contributed by atoms with Crippen molar-refractivity contribution in [1.82, 2.24) is 14.9 Å². The predicted octanol–water partition coefficient (Wildman–Crippen LogP) is 2.48. The third kappa shape index (κ3) is 3.19. The molecule has 1 heterocycles. The standard InChI is InChI=1S/C16H25N3O/c1-12(2)18-16(4,11-20)9-10-19-13(3)17-14-7-5-6-8-15(14)19/h5-8,12,18,20H,9-11H2,1-4H3. The second-order valence-electron chi connectivity index (χ2n) is 6.07. The fraction of sp³-hybridized carbons (Fsp3) is 0.562. The molecular formula is C16H25N3O. The predicted molar refractivity (Wildman–Crippen MR) is 82.8 cm³/mol. The zero-order chi connectivity index (χ0) is 14.8. The quantitative estimate of drug-likeness (QED) is 0.851. The van der Waals surface area contributed by atoms with Crippen LogP contribution in [0.2, 0.25) is 0 Å². The van der Waals surface area contributed by atoms with Gasteiger partial charge in [0.2, 0.25) is 0 Å².